The first kappa shape index (κ1) is 19.0. The first-order chi connectivity index (χ1) is 13.2. The van der Waals surface area contributed by atoms with Gasteiger partial charge in [0.25, 0.3) is 5.91 Å². The van der Waals surface area contributed by atoms with Gasteiger partial charge in [0, 0.05) is 19.5 Å². The first-order valence-corrected chi connectivity index (χ1v) is 9.52. The molecule has 0 unspecified atom stereocenters. The molecule has 0 bridgehead atoms. The summed E-state index contributed by atoms with van der Waals surface area (Å²) in [5, 5.41) is 2.88. The summed E-state index contributed by atoms with van der Waals surface area (Å²) in [6.07, 6.45) is 3.68. The quantitative estimate of drug-likeness (QED) is 0.820. The Balaban J connectivity index is 1.63. The van der Waals surface area contributed by atoms with E-state index in [4.69, 9.17) is 4.74 Å². The number of para-hydroxylation sites is 1. The van der Waals surface area contributed by atoms with Crippen molar-refractivity contribution in [2.45, 2.75) is 31.7 Å². The van der Waals surface area contributed by atoms with E-state index >= 15 is 0 Å². The van der Waals surface area contributed by atoms with Crippen molar-refractivity contribution in [3.8, 4) is 5.75 Å². The van der Waals surface area contributed by atoms with Crippen LogP contribution in [0, 0.1) is 0 Å². The lowest BCUT2D eigenvalue weighted by molar-refractivity contribution is -0.137. The summed E-state index contributed by atoms with van der Waals surface area (Å²) in [6.45, 7) is 1.42. The Kier molecular flexibility index (Phi) is 6.85. The normalized spacial score (nSPS) is 15.0. The smallest absolute Gasteiger partial charge is 0.258 e. The van der Waals surface area contributed by atoms with Gasteiger partial charge in [-0.2, -0.15) is 0 Å². The lowest BCUT2D eigenvalue weighted by Gasteiger charge is -2.31. The van der Waals surface area contributed by atoms with Crippen molar-refractivity contribution in [2.75, 3.05) is 19.7 Å². The predicted octanol–water partition coefficient (Wildman–Crippen LogP) is 2.81. The number of piperidine rings is 1. The molecule has 5 nitrogen and oxygen atoms in total. The summed E-state index contributed by atoms with van der Waals surface area (Å²) in [5.74, 6) is 0.339. The molecule has 1 fully saturated rings. The van der Waals surface area contributed by atoms with E-state index in [0.717, 1.165) is 37.9 Å². The molecule has 2 amide bonds. The molecule has 2 aromatic carbocycles. The van der Waals surface area contributed by atoms with Crippen molar-refractivity contribution in [1.82, 2.24) is 10.2 Å². The van der Waals surface area contributed by atoms with Crippen LogP contribution in [0.4, 0.5) is 0 Å². The first-order valence-electron chi connectivity index (χ1n) is 9.52. The lowest BCUT2D eigenvalue weighted by Crippen LogP contribution is -2.51. The Labute approximate surface area is 160 Å². The topological polar surface area (TPSA) is 58.6 Å². The summed E-state index contributed by atoms with van der Waals surface area (Å²) in [5.41, 5.74) is 1.03. The number of hydrogen-bond donors (Lipinski definition) is 1. The number of likely N-dealkylation sites (tertiary alicyclic amines) is 1. The molecule has 1 aliphatic heterocycles. The molecule has 0 aromatic heterocycles. The summed E-state index contributed by atoms with van der Waals surface area (Å²) in [6, 6.07) is 18.4. The average molecular weight is 366 g/mol. The predicted molar refractivity (Wildman–Crippen MR) is 104 cm³/mol. The second kappa shape index (κ2) is 9.76. The molecule has 0 spiro atoms. The molecule has 1 saturated heterocycles. The van der Waals surface area contributed by atoms with Crippen LogP contribution >= 0.6 is 0 Å². The molecule has 1 aliphatic rings. The largest absolute Gasteiger partial charge is 0.484 e. The molecule has 1 heterocycles. The van der Waals surface area contributed by atoms with Gasteiger partial charge >= 0.3 is 0 Å². The van der Waals surface area contributed by atoms with E-state index in [0.29, 0.717) is 12.2 Å². The summed E-state index contributed by atoms with van der Waals surface area (Å²) >= 11 is 0. The number of carbonyl (C=O) groups is 2. The van der Waals surface area contributed by atoms with Crippen molar-refractivity contribution in [2.24, 2.45) is 0 Å². The molecule has 1 N–H and O–H groups in total. The third kappa shape index (κ3) is 5.84. The van der Waals surface area contributed by atoms with Gasteiger partial charge in [-0.1, -0.05) is 48.5 Å². The van der Waals surface area contributed by atoms with Gasteiger partial charge < -0.3 is 15.0 Å². The Hall–Kier alpha value is -2.82. The van der Waals surface area contributed by atoms with Crippen LogP contribution in [0.15, 0.2) is 60.7 Å². The number of ether oxygens (including phenoxy) is 1. The second-order valence-electron chi connectivity index (χ2n) is 6.80. The van der Waals surface area contributed by atoms with Crippen LogP contribution in [-0.2, 0) is 16.0 Å². The number of rotatable bonds is 7. The van der Waals surface area contributed by atoms with Crippen LogP contribution in [0.3, 0.4) is 0 Å². The van der Waals surface area contributed by atoms with Gasteiger partial charge in [0.05, 0.1) is 0 Å². The fourth-order valence-corrected chi connectivity index (χ4v) is 3.29. The second-order valence-corrected chi connectivity index (χ2v) is 6.80. The summed E-state index contributed by atoms with van der Waals surface area (Å²) in [4.78, 5) is 27.3. The molecule has 5 heteroatoms. The highest BCUT2D eigenvalue weighted by Crippen LogP contribution is 2.13. The number of carbonyl (C=O) groups excluding carboxylic acids is 2. The number of amides is 2. The van der Waals surface area contributed by atoms with E-state index < -0.39 is 6.04 Å². The maximum Gasteiger partial charge on any atom is 0.258 e. The molecule has 27 heavy (non-hydrogen) atoms. The monoisotopic (exact) mass is 366 g/mol. The minimum Gasteiger partial charge on any atom is -0.484 e. The molecule has 0 radical (unpaired) electrons. The van der Waals surface area contributed by atoms with Crippen LogP contribution in [0.5, 0.6) is 5.75 Å². The highest BCUT2D eigenvalue weighted by Gasteiger charge is 2.27. The van der Waals surface area contributed by atoms with Gasteiger partial charge in [0.15, 0.2) is 6.61 Å². The van der Waals surface area contributed by atoms with Crippen LogP contribution in [0.25, 0.3) is 0 Å². The minimum atomic E-state index is -0.572. The van der Waals surface area contributed by atoms with Crippen molar-refractivity contribution < 1.29 is 14.3 Å². The molecule has 0 aliphatic carbocycles. The third-order valence-electron chi connectivity index (χ3n) is 4.70. The lowest BCUT2D eigenvalue weighted by atomic mass is 10.0. The van der Waals surface area contributed by atoms with Crippen molar-refractivity contribution >= 4 is 11.8 Å². The van der Waals surface area contributed by atoms with Crippen LogP contribution in [-0.4, -0.2) is 42.5 Å². The van der Waals surface area contributed by atoms with Gasteiger partial charge in [0.2, 0.25) is 5.91 Å². The van der Waals surface area contributed by atoms with Gasteiger partial charge in [-0.05, 0) is 37.0 Å². The number of hydrogen-bond acceptors (Lipinski definition) is 3. The highest BCUT2D eigenvalue weighted by atomic mass is 16.5. The third-order valence-corrected chi connectivity index (χ3v) is 4.70. The van der Waals surface area contributed by atoms with Crippen molar-refractivity contribution in [3.05, 3.63) is 66.2 Å². The fourth-order valence-electron chi connectivity index (χ4n) is 3.29. The van der Waals surface area contributed by atoms with E-state index in [9.17, 15) is 9.59 Å². The van der Waals surface area contributed by atoms with Gasteiger partial charge in [-0.15, -0.1) is 0 Å². The Morgan fingerprint density at radius 2 is 1.56 bits per heavy atom. The minimum absolute atomic E-state index is 0.00776. The number of benzene rings is 2. The molecular formula is C22H26N2O3. The zero-order chi connectivity index (χ0) is 18.9. The number of nitrogens with zero attached hydrogens (tertiary/aromatic N) is 1. The molecule has 142 valence electrons. The van der Waals surface area contributed by atoms with E-state index in [1.807, 2.05) is 53.4 Å². The van der Waals surface area contributed by atoms with Gasteiger partial charge in [-0.3, -0.25) is 9.59 Å². The van der Waals surface area contributed by atoms with E-state index in [1.165, 1.54) is 0 Å². The number of nitrogens with one attached hydrogen (secondary N) is 1. The van der Waals surface area contributed by atoms with E-state index in [1.54, 1.807) is 12.1 Å². The molecule has 2 aromatic rings. The van der Waals surface area contributed by atoms with Crippen LogP contribution in [0.1, 0.15) is 24.8 Å². The molecule has 1 atom stereocenters. The zero-order valence-corrected chi connectivity index (χ0v) is 15.5. The maximum atomic E-state index is 13.0. The fraction of sp³-hybridized carbons (Fsp3) is 0.364. The van der Waals surface area contributed by atoms with E-state index in [2.05, 4.69) is 5.32 Å². The molecular weight excluding hydrogens is 340 g/mol. The Morgan fingerprint density at radius 1 is 0.926 bits per heavy atom. The summed E-state index contributed by atoms with van der Waals surface area (Å²) < 4.78 is 5.51. The Morgan fingerprint density at radius 3 is 2.22 bits per heavy atom. The van der Waals surface area contributed by atoms with Crippen molar-refractivity contribution in [1.29, 1.82) is 0 Å². The Bertz CT molecular complexity index is 728. The van der Waals surface area contributed by atoms with Crippen molar-refractivity contribution in [3.63, 3.8) is 0 Å². The average Bonchev–Trinajstić information content (AvgIpc) is 2.73. The standard InChI is InChI=1S/C22H26N2O3/c25-21(17-27-19-12-6-2-7-13-19)23-20(16-18-10-4-1-5-11-18)22(26)24-14-8-3-9-15-24/h1-2,4-7,10-13,20H,3,8-9,14-17H2,(H,23,25)/t20-/m0/s1. The molecule has 0 saturated carbocycles. The zero-order valence-electron chi connectivity index (χ0n) is 15.5. The van der Waals surface area contributed by atoms with Crippen LogP contribution < -0.4 is 10.1 Å². The highest BCUT2D eigenvalue weighted by molar-refractivity contribution is 5.88. The molecule has 3 rings (SSSR count). The van der Waals surface area contributed by atoms with Gasteiger partial charge in [-0.25, -0.2) is 0 Å². The van der Waals surface area contributed by atoms with Crippen LogP contribution in [0.2, 0.25) is 0 Å². The maximum absolute atomic E-state index is 13.0. The summed E-state index contributed by atoms with van der Waals surface area (Å²) in [7, 11) is 0. The van der Waals surface area contributed by atoms with E-state index in [-0.39, 0.29) is 18.4 Å². The van der Waals surface area contributed by atoms with Gasteiger partial charge in [0.1, 0.15) is 11.8 Å². The SMILES string of the molecule is O=C(COc1ccccc1)N[C@@H](Cc1ccccc1)C(=O)N1CCCCC1.